The fourth-order valence-electron chi connectivity index (χ4n) is 10.8. The summed E-state index contributed by atoms with van der Waals surface area (Å²) in [5, 5.41) is 14.8. The van der Waals surface area contributed by atoms with Crippen LogP contribution >= 0.6 is 0 Å². The standard InChI is InChI=1S/C61H36N4O3/c1-2-15-36-34-50-46(32-35(36)14-1)38-16-3-7-24-48(38)65(50)49-31-30-37(33-47(49)40-20-12-28-54-56(40)42-18-5-9-26-52(42)66-54)59-62-60(44-22-13-29-55-57(44)43-19-6-10-27-53(43)67-55)64-61(63-59)45-23-11-21-41-39-17-4-8-25-51(39)68-58(41)45/h1-34,60H,(H,62,63,64). The number of furan rings is 3. The van der Waals surface area contributed by atoms with Gasteiger partial charge in [-0.3, -0.25) is 0 Å². The van der Waals surface area contributed by atoms with E-state index in [-0.39, 0.29) is 0 Å². The van der Waals surface area contributed by atoms with Crippen LogP contribution in [0.2, 0.25) is 0 Å². The van der Waals surface area contributed by atoms with Gasteiger partial charge in [0.25, 0.3) is 0 Å². The Balaban J connectivity index is 1.02. The molecule has 68 heavy (non-hydrogen) atoms. The third-order valence-corrected chi connectivity index (χ3v) is 13.9. The summed E-state index contributed by atoms with van der Waals surface area (Å²) in [4.78, 5) is 11.0. The van der Waals surface area contributed by atoms with Gasteiger partial charge in [-0.25, -0.2) is 9.98 Å². The molecule has 0 bridgehead atoms. The zero-order chi connectivity index (χ0) is 44.5. The number of aromatic nitrogens is 1. The van der Waals surface area contributed by atoms with E-state index in [4.69, 9.17) is 23.2 Å². The number of para-hydroxylation sites is 5. The number of hydrogen-bond donors (Lipinski definition) is 1. The van der Waals surface area contributed by atoms with Crippen LogP contribution in [0.5, 0.6) is 0 Å². The number of hydrogen-bond acceptors (Lipinski definition) is 6. The van der Waals surface area contributed by atoms with Crippen molar-refractivity contribution in [3.05, 3.63) is 223 Å². The first-order chi connectivity index (χ1) is 33.7. The largest absolute Gasteiger partial charge is 0.456 e. The molecule has 0 radical (unpaired) electrons. The Morgan fingerprint density at radius 2 is 1.01 bits per heavy atom. The molecular formula is C61H36N4O3. The lowest BCUT2D eigenvalue weighted by atomic mass is 9.95. The maximum Gasteiger partial charge on any atom is 0.159 e. The van der Waals surface area contributed by atoms with Gasteiger partial charge in [0.15, 0.2) is 5.84 Å². The lowest BCUT2D eigenvalue weighted by molar-refractivity contribution is 0.657. The Bertz CT molecular complexity index is 4500. The fraction of sp³-hybridized carbons (Fsp3) is 0.0164. The second kappa shape index (κ2) is 14.1. The molecule has 0 saturated heterocycles. The smallest absolute Gasteiger partial charge is 0.159 e. The molecule has 7 nitrogen and oxygen atoms in total. The number of nitrogens with one attached hydrogen (secondary N) is 1. The summed E-state index contributed by atoms with van der Waals surface area (Å²) in [7, 11) is 0. The molecule has 7 heteroatoms. The minimum Gasteiger partial charge on any atom is -0.456 e. The summed E-state index contributed by atoms with van der Waals surface area (Å²) < 4.78 is 22.0. The first-order valence-electron chi connectivity index (χ1n) is 22.9. The van der Waals surface area contributed by atoms with Crippen molar-refractivity contribution < 1.29 is 13.3 Å². The Hall–Kier alpha value is -9.20. The summed E-state index contributed by atoms with van der Waals surface area (Å²) in [5.74, 6) is 1.25. The highest BCUT2D eigenvalue weighted by molar-refractivity contribution is 6.21. The third-order valence-electron chi connectivity index (χ3n) is 13.9. The molecule has 0 spiro atoms. The minimum atomic E-state index is -0.531. The van der Waals surface area contributed by atoms with Crippen LogP contribution in [0.1, 0.15) is 22.9 Å². The summed E-state index contributed by atoms with van der Waals surface area (Å²) in [5.41, 5.74) is 12.9. The number of rotatable bonds is 5. The van der Waals surface area contributed by atoms with Gasteiger partial charge < -0.3 is 23.1 Å². The van der Waals surface area contributed by atoms with E-state index in [0.29, 0.717) is 11.7 Å². The van der Waals surface area contributed by atoms with E-state index >= 15 is 0 Å². The number of aliphatic imine (C=N–C) groups is 2. The predicted octanol–water partition coefficient (Wildman–Crippen LogP) is 15.8. The average Bonchev–Trinajstić information content (AvgIpc) is 4.17. The Labute approximate surface area is 387 Å². The van der Waals surface area contributed by atoms with Crippen molar-refractivity contribution in [2.24, 2.45) is 9.98 Å². The molecule has 1 aliphatic rings. The van der Waals surface area contributed by atoms with Crippen molar-refractivity contribution in [1.29, 1.82) is 0 Å². The molecule has 10 aromatic carbocycles. The van der Waals surface area contributed by atoms with Gasteiger partial charge in [-0.05, 0) is 89.1 Å². The van der Waals surface area contributed by atoms with Crippen molar-refractivity contribution in [1.82, 2.24) is 9.88 Å². The van der Waals surface area contributed by atoms with Crippen LogP contribution < -0.4 is 5.32 Å². The van der Waals surface area contributed by atoms with E-state index in [1.54, 1.807) is 0 Å². The number of benzene rings is 10. The molecule has 1 N–H and O–H groups in total. The van der Waals surface area contributed by atoms with E-state index < -0.39 is 6.17 Å². The van der Waals surface area contributed by atoms with Crippen molar-refractivity contribution in [3.8, 4) is 16.8 Å². The molecular weight excluding hydrogens is 837 g/mol. The molecule has 0 amide bonds. The zero-order valence-corrected chi connectivity index (χ0v) is 36.3. The molecule has 14 aromatic rings. The van der Waals surface area contributed by atoms with Crippen LogP contribution in [0.15, 0.2) is 229 Å². The fourth-order valence-corrected chi connectivity index (χ4v) is 10.8. The van der Waals surface area contributed by atoms with Gasteiger partial charge in [0.1, 0.15) is 45.5 Å². The molecule has 4 aromatic heterocycles. The Morgan fingerprint density at radius 1 is 0.412 bits per heavy atom. The van der Waals surface area contributed by atoms with E-state index in [9.17, 15) is 0 Å². The van der Waals surface area contributed by atoms with Crippen LogP contribution in [-0.2, 0) is 0 Å². The molecule has 15 rings (SSSR count). The third kappa shape index (κ3) is 5.41. The quantitative estimate of drug-likeness (QED) is 0.187. The van der Waals surface area contributed by atoms with E-state index in [1.807, 2.05) is 54.6 Å². The lowest BCUT2D eigenvalue weighted by Gasteiger charge is -2.25. The van der Waals surface area contributed by atoms with Gasteiger partial charge in [-0.2, -0.15) is 0 Å². The molecule has 0 aliphatic carbocycles. The highest BCUT2D eigenvalue weighted by atomic mass is 16.3. The number of amidine groups is 2. The van der Waals surface area contributed by atoms with Crippen molar-refractivity contribution in [2.45, 2.75) is 6.17 Å². The predicted molar refractivity (Wildman–Crippen MR) is 277 cm³/mol. The summed E-state index contributed by atoms with van der Waals surface area (Å²) in [6, 6.07) is 72.2. The highest BCUT2D eigenvalue weighted by Gasteiger charge is 2.28. The summed E-state index contributed by atoms with van der Waals surface area (Å²) >= 11 is 0. The first-order valence-corrected chi connectivity index (χ1v) is 22.9. The molecule has 318 valence electrons. The maximum absolute atomic E-state index is 6.65. The first kappa shape index (κ1) is 37.1. The SMILES string of the molecule is c1ccc2cc3c(cc2c1)c1ccccc1n3-c1ccc(C2=NC(c3cccc4oc5ccccc5c34)NC(c3cccc4c3oc3ccccc34)=N2)cc1-c1cccc2oc3ccccc3c12. The van der Waals surface area contributed by atoms with Crippen molar-refractivity contribution in [3.63, 3.8) is 0 Å². The van der Waals surface area contributed by atoms with Crippen LogP contribution in [0.4, 0.5) is 0 Å². The zero-order valence-electron chi connectivity index (χ0n) is 36.3. The molecule has 1 atom stereocenters. The van der Waals surface area contributed by atoms with E-state index in [1.165, 1.54) is 21.5 Å². The second-order valence-electron chi connectivity index (χ2n) is 17.6. The van der Waals surface area contributed by atoms with Crippen molar-refractivity contribution in [2.75, 3.05) is 0 Å². The van der Waals surface area contributed by atoms with Crippen molar-refractivity contribution >= 4 is 110 Å². The van der Waals surface area contributed by atoms with E-state index in [0.717, 1.165) is 110 Å². The minimum absolute atomic E-state index is 0.531. The van der Waals surface area contributed by atoms with Gasteiger partial charge in [0.05, 0.1) is 22.3 Å². The van der Waals surface area contributed by atoms with Crippen LogP contribution in [0.25, 0.3) is 115 Å². The maximum atomic E-state index is 6.65. The van der Waals surface area contributed by atoms with Gasteiger partial charge in [-0.15, -0.1) is 0 Å². The Morgan fingerprint density at radius 3 is 1.82 bits per heavy atom. The number of fused-ring (bicyclic) bond motifs is 13. The van der Waals surface area contributed by atoms with Gasteiger partial charge >= 0.3 is 0 Å². The van der Waals surface area contributed by atoms with Crippen LogP contribution in [0.3, 0.4) is 0 Å². The van der Waals surface area contributed by atoms with E-state index in [2.05, 4.69) is 162 Å². The van der Waals surface area contributed by atoms with Crippen LogP contribution in [-0.4, -0.2) is 16.2 Å². The molecule has 5 heterocycles. The lowest BCUT2D eigenvalue weighted by Crippen LogP contribution is -2.33. The molecule has 0 fully saturated rings. The summed E-state index contributed by atoms with van der Waals surface area (Å²) in [6.07, 6.45) is -0.531. The second-order valence-corrected chi connectivity index (χ2v) is 17.6. The van der Waals surface area contributed by atoms with Gasteiger partial charge in [-0.1, -0.05) is 133 Å². The van der Waals surface area contributed by atoms with Gasteiger partial charge in [0, 0.05) is 59.8 Å². The monoisotopic (exact) mass is 872 g/mol. The van der Waals surface area contributed by atoms with Crippen LogP contribution in [0, 0.1) is 0 Å². The Kier molecular flexibility index (Phi) is 7.71. The topological polar surface area (TPSA) is 81.1 Å². The molecule has 1 unspecified atom stereocenters. The summed E-state index contributed by atoms with van der Waals surface area (Å²) in [6.45, 7) is 0. The molecule has 1 aliphatic heterocycles. The van der Waals surface area contributed by atoms with Gasteiger partial charge in [0.2, 0.25) is 0 Å². The highest BCUT2D eigenvalue weighted by Crippen LogP contribution is 2.44. The average molecular weight is 873 g/mol. The molecule has 0 saturated carbocycles. The number of nitrogens with zero attached hydrogens (tertiary/aromatic N) is 3. The normalized spacial score (nSPS) is 14.3.